The van der Waals surface area contributed by atoms with E-state index in [1.807, 2.05) is 47.4 Å². The Bertz CT molecular complexity index is 913. The number of benzene rings is 2. The molecule has 1 atom stereocenters. The van der Waals surface area contributed by atoms with E-state index >= 15 is 0 Å². The van der Waals surface area contributed by atoms with Crippen molar-refractivity contribution in [2.45, 2.75) is 25.4 Å². The van der Waals surface area contributed by atoms with Crippen molar-refractivity contribution in [3.8, 4) is 0 Å². The summed E-state index contributed by atoms with van der Waals surface area (Å²) in [5.41, 5.74) is 2.71. The summed E-state index contributed by atoms with van der Waals surface area (Å²) in [6.07, 6.45) is 3.69. The third kappa shape index (κ3) is 3.86. The zero-order chi connectivity index (χ0) is 18.6. The zero-order valence-corrected chi connectivity index (χ0v) is 15.3. The molecule has 1 aliphatic rings. The Morgan fingerprint density at radius 3 is 2.52 bits per heavy atom. The Balaban J connectivity index is 1.40. The van der Waals surface area contributed by atoms with Crippen molar-refractivity contribution in [3.63, 3.8) is 0 Å². The maximum Gasteiger partial charge on any atom is 0.254 e. The Hall–Kier alpha value is -2.72. The molecule has 1 aliphatic heterocycles. The molecule has 1 aromatic heterocycles. The van der Waals surface area contributed by atoms with Crippen LogP contribution in [-0.4, -0.2) is 40.1 Å². The number of piperidine rings is 1. The van der Waals surface area contributed by atoms with E-state index in [0.717, 1.165) is 29.3 Å². The highest BCUT2D eigenvalue weighted by Gasteiger charge is 2.28. The zero-order valence-electron chi connectivity index (χ0n) is 15.3. The minimum atomic E-state index is -0.355. The average molecular weight is 360 g/mol. The predicted molar refractivity (Wildman–Crippen MR) is 107 cm³/mol. The van der Waals surface area contributed by atoms with Gasteiger partial charge in [0.25, 0.3) is 5.91 Å². The summed E-state index contributed by atoms with van der Waals surface area (Å²) in [5.74, 6) is 0.299. The van der Waals surface area contributed by atoms with E-state index in [-0.39, 0.29) is 17.9 Å². The molecule has 1 N–H and O–H groups in total. The van der Waals surface area contributed by atoms with Gasteiger partial charge in [0, 0.05) is 24.7 Å². The van der Waals surface area contributed by atoms with E-state index in [4.69, 9.17) is 0 Å². The first-order valence-electron chi connectivity index (χ1n) is 9.57. The van der Waals surface area contributed by atoms with Crippen molar-refractivity contribution in [2.24, 2.45) is 5.92 Å². The lowest BCUT2D eigenvalue weighted by Crippen LogP contribution is -2.41. The predicted octanol–water partition coefficient (Wildman–Crippen LogP) is 3.69. The van der Waals surface area contributed by atoms with Gasteiger partial charge in [0.1, 0.15) is 0 Å². The van der Waals surface area contributed by atoms with Gasteiger partial charge in [-0.1, -0.05) is 48.5 Å². The first-order valence-corrected chi connectivity index (χ1v) is 9.57. The molecule has 1 saturated heterocycles. The molecule has 1 amide bonds. The van der Waals surface area contributed by atoms with Crippen molar-refractivity contribution in [3.05, 3.63) is 78.0 Å². The fourth-order valence-corrected chi connectivity index (χ4v) is 3.96. The number of pyridine rings is 1. The molecule has 0 radical (unpaired) electrons. The number of para-hydroxylation sites is 1. The molecule has 0 spiro atoms. The lowest BCUT2D eigenvalue weighted by molar-refractivity contribution is 0.0468. The van der Waals surface area contributed by atoms with Crippen LogP contribution in [0.25, 0.3) is 10.9 Å². The molecule has 27 heavy (non-hydrogen) atoms. The molecular formula is C23H24N2O2. The number of nitrogens with zero attached hydrogens (tertiary/aromatic N) is 2. The van der Waals surface area contributed by atoms with E-state index in [2.05, 4.69) is 17.1 Å². The maximum absolute atomic E-state index is 13.0. The lowest BCUT2D eigenvalue weighted by atomic mass is 9.87. The molecule has 138 valence electrons. The first-order chi connectivity index (χ1) is 13.2. The second-order valence-electron chi connectivity index (χ2n) is 7.26. The van der Waals surface area contributed by atoms with Crippen molar-refractivity contribution in [1.29, 1.82) is 0 Å². The topological polar surface area (TPSA) is 53.4 Å². The minimum absolute atomic E-state index is 0.0598. The van der Waals surface area contributed by atoms with Gasteiger partial charge in [-0.05, 0) is 42.9 Å². The molecular weight excluding hydrogens is 336 g/mol. The standard InChI is InChI=1S/C23H24N2O2/c26-22(16-17-6-2-1-3-7-17)18-11-14-25(15-12-18)23(27)20-10-13-24-21-9-5-4-8-19(20)21/h1-10,13,18,22,26H,11-12,14-16H2. The van der Waals surface area contributed by atoms with E-state index in [9.17, 15) is 9.90 Å². The molecule has 4 heteroatoms. The van der Waals surface area contributed by atoms with Crippen LogP contribution in [-0.2, 0) is 6.42 Å². The van der Waals surface area contributed by atoms with Crippen LogP contribution in [0.15, 0.2) is 66.9 Å². The van der Waals surface area contributed by atoms with Crippen molar-refractivity contribution in [2.75, 3.05) is 13.1 Å². The average Bonchev–Trinajstić information content (AvgIpc) is 2.73. The van der Waals surface area contributed by atoms with Gasteiger partial charge in [-0.15, -0.1) is 0 Å². The number of rotatable bonds is 4. The number of aliphatic hydroxyl groups is 1. The summed E-state index contributed by atoms with van der Waals surface area (Å²) in [5, 5.41) is 11.5. The third-order valence-corrected chi connectivity index (χ3v) is 5.54. The van der Waals surface area contributed by atoms with Gasteiger partial charge in [-0.2, -0.15) is 0 Å². The largest absolute Gasteiger partial charge is 0.392 e. The number of fused-ring (bicyclic) bond motifs is 1. The highest BCUT2D eigenvalue weighted by atomic mass is 16.3. The quantitative estimate of drug-likeness (QED) is 0.772. The molecule has 2 heterocycles. The summed E-state index contributed by atoms with van der Waals surface area (Å²) in [6, 6.07) is 19.7. The smallest absolute Gasteiger partial charge is 0.254 e. The van der Waals surface area contributed by atoms with Crippen LogP contribution in [0.1, 0.15) is 28.8 Å². The van der Waals surface area contributed by atoms with Gasteiger partial charge >= 0.3 is 0 Å². The van der Waals surface area contributed by atoms with Crippen LogP contribution in [0.3, 0.4) is 0 Å². The number of hydrogen-bond donors (Lipinski definition) is 1. The van der Waals surface area contributed by atoms with Crippen molar-refractivity contribution >= 4 is 16.8 Å². The Morgan fingerprint density at radius 2 is 1.74 bits per heavy atom. The molecule has 3 aromatic rings. The van der Waals surface area contributed by atoms with Crippen LogP contribution >= 0.6 is 0 Å². The highest BCUT2D eigenvalue weighted by Crippen LogP contribution is 2.25. The number of hydrogen-bond acceptors (Lipinski definition) is 3. The summed E-state index contributed by atoms with van der Waals surface area (Å²) in [4.78, 5) is 19.3. The highest BCUT2D eigenvalue weighted by molar-refractivity contribution is 6.05. The molecule has 0 bridgehead atoms. The first kappa shape index (κ1) is 17.7. The van der Waals surface area contributed by atoms with E-state index in [1.54, 1.807) is 12.3 Å². The van der Waals surface area contributed by atoms with Gasteiger partial charge in [0.05, 0.1) is 17.2 Å². The SMILES string of the molecule is O=C(c1ccnc2ccccc12)N1CCC(C(O)Cc2ccccc2)CC1. The van der Waals surface area contributed by atoms with E-state index in [1.165, 1.54) is 0 Å². The minimum Gasteiger partial charge on any atom is -0.392 e. The van der Waals surface area contributed by atoms with Gasteiger partial charge in [-0.25, -0.2) is 0 Å². The van der Waals surface area contributed by atoms with Crippen LogP contribution < -0.4 is 0 Å². The summed E-state index contributed by atoms with van der Waals surface area (Å²) < 4.78 is 0. The molecule has 4 nitrogen and oxygen atoms in total. The molecule has 1 fully saturated rings. The van der Waals surface area contributed by atoms with Gasteiger partial charge in [0.15, 0.2) is 0 Å². The lowest BCUT2D eigenvalue weighted by Gasteiger charge is -2.34. The second kappa shape index (κ2) is 7.89. The summed E-state index contributed by atoms with van der Waals surface area (Å²) in [6.45, 7) is 1.37. The van der Waals surface area contributed by atoms with Crippen molar-refractivity contribution in [1.82, 2.24) is 9.88 Å². The van der Waals surface area contributed by atoms with Gasteiger partial charge < -0.3 is 10.0 Å². The fraction of sp³-hybridized carbons (Fsp3) is 0.304. The molecule has 0 saturated carbocycles. The summed E-state index contributed by atoms with van der Waals surface area (Å²) in [7, 11) is 0. The second-order valence-corrected chi connectivity index (χ2v) is 7.26. The Kier molecular flexibility index (Phi) is 5.16. The molecule has 2 aromatic carbocycles. The Labute approximate surface area is 159 Å². The monoisotopic (exact) mass is 360 g/mol. The number of aromatic nitrogens is 1. The Morgan fingerprint density at radius 1 is 1.04 bits per heavy atom. The fourth-order valence-electron chi connectivity index (χ4n) is 3.96. The van der Waals surface area contributed by atoms with Crippen molar-refractivity contribution < 1.29 is 9.90 Å². The van der Waals surface area contributed by atoms with Crippen LogP contribution in [0, 0.1) is 5.92 Å². The molecule has 4 rings (SSSR count). The molecule has 0 aliphatic carbocycles. The third-order valence-electron chi connectivity index (χ3n) is 5.54. The summed E-state index contributed by atoms with van der Waals surface area (Å²) >= 11 is 0. The van der Waals surface area contributed by atoms with Crippen LogP contribution in [0.4, 0.5) is 0 Å². The van der Waals surface area contributed by atoms with Gasteiger partial charge in [0.2, 0.25) is 0 Å². The van der Waals surface area contributed by atoms with E-state index < -0.39 is 0 Å². The number of likely N-dealkylation sites (tertiary alicyclic amines) is 1. The number of carbonyl (C=O) groups is 1. The number of aliphatic hydroxyl groups excluding tert-OH is 1. The van der Waals surface area contributed by atoms with E-state index in [0.29, 0.717) is 25.1 Å². The number of amides is 1. The van der Waals surface area contributed by atoms with Crippen LogP contribution in [0.5, 0.6) is 0 Å². The normalized spacial score (nSPS) is 16.4. The maximum atomic E-state index is 13.0. The van der Waals surface area contributed by atoms with Gasteiger partial charge in [-0.3, -0.25) is 9.78 Å². The molecule has 1 unspecified atom stereocenters. The van der Waals surface area contributed by atoms with Crippen LogP contribution in [0.2, 0.25) is 0 Å². The number of carbonyl (C=O) groups excluding carboxylic acids is 1.